The molecule has 5 rings (SSSR count). The predicted octanol–water partition coefficient (Wildman–Crippen LogP) is 4.14. The molecule has 1 fully saturated rings. The number of Topliss-reactive ketones (excluding diaryl/α,β-unsaturated/α-hetero) is 1. The Morgan fingerprint density at radius 3 is 2.32 bits per heavy atom. The van der Waals surface area contributed by atoms with Gasteiger partial charge in [0.25, 0.3) is 0 Å². The van der Waals surface area contributed by atoms with E-state index in [1.165, 1.54) is 0 Å². The molecule has 0 bridgehead atoms. The van der Waals surface area contributed by atoms with E-state index < -0.39 is 23.4 Å². The molecule has 156 valence electrons. The fourth-order valence-electron chi connectivity index (χ4n) is 5.26. The lowest BCUT2D eigenvalue weighted by Gasteiger charge is -2.36. The first-order valence-electron chi connectivity index (χ1n) is 10.4. The van der Waals surface area contributed by atoms with Crippen molar-refractivity contribution in [1.29, 1.82) is 0 Å². The van der Waals surface area contributed by atoms with Gasteiger partial charge in [0.2, 0.25) is 5.91 Å². The highest BCUT2D eigenvalue weighted by Gasteiger charge is 2.61. The Morgan fingerprint density at radius 2 is 1.61 bits per heavy atom. The zero-order valence-electron chi connectivity index (χ0n) is 17.1. The summed E-state index contributed by atoms with van der Waals surface area (Å²) in [5, 5.41) is 15.1. The molecule has 1 saturated carbocycles. The number of hydrogen-bond acceptors (Lipinski definition) is 4. The number of hydrogen-bond donors (Lipinski definition) is 2. The SMILES string of the molecule is COc1ccc([C@@H]2C[C@H]3C(=O)c4ccccc4NC(=O)[C@@H]3[C@@]2(O)c2ccccc2)cc1. The second-order valence-corrected chi connectivity index (χ2v) is 8.24. The summed E-state index contributed by atoms with van der Waals surface area (Å²) in [6.07, 6.45) is 0.378. The summed E-state index contributed by atoms with van der Waals surface area (Å²) in [4.78, 5) is 27.0. The highest BCUT2D eigenvalue weighted by molar-refractivity contribution is 6.12. The number of aliphatic hydroxyl groups is 1. The van der Waals surface area contributed by atoms with Crippen LogP contribution in [-0.2, 0) is 10.4 Å². The lowest BCUT2D eigenvalue weighted by atomic mass is 9.74. The third-order valence-electron chi connectivity index (χ3n) is 6.72. The molecule has 1 amide bonds. The number of amides is 1. The first-order chi connectivity index (χ1) is 15.0. The smallest absolute Gasteiger partial charge is 0.231 e. The molecule has 5 nitrogen and oxygen atoms in total. The van der Waals surface area contributed by atoms with Gasteiger partial charge in [-0.25, -0.2) is 0 Å². The van der Waals surface area contributed by atoms with Crippen LogP contribution < -0.4 is 10.1 Å². The topological polar surface area (TPSA) is 75.6 Å². The van der Waals surface area contributed by atoms with E-state index in [0.717, 1.165) is 5.56 Å². The maximum absolute atomic E-state index is 13.5. The van der Waals surface area contributed by atoms with Gasteiger partial charge in [-0.15, -0.1) is 0 Å². The quantitative estimate of drug-likeness (QED) is 0.677. The Balaban J connectivity index is 1.68. The largest absolute Gasteiger partial charge is 0.497 e. The number of carbonyl (C=O) groups is 2. The van der Waals surface area contributed by atoms with E-state index in [0.29, 0.717) is 29.0 Å². The third kappa shape index (κ3) is 2.96. The minimum absolute atomic E-state index is 0.107. The summed E-state index contributed by atoms with van der Waals surface area (Å²) in [5.74, 6) is -1.67. The molecule has 2 aliphatic rings. The van der Waals surface area contributed by atoms with Crippen LogP contribution in [0.3, 0.4) is 0 Å². The number of para-hydroxylation sites is 1. The highest BCUT2D eigenvalue weighted by atomic mass is 16.5. The number of ether oxygens (including phenoxy) is 1. The number of benzene rings is 3. The van der Waals surface area contributed by atoms with E-state index in [-0.39, 0.29) is 11.7 Å². The van der Waals surface area contributed by atoms with Gasteiger partial charge in [-0.2, -0.15) is 0 Å². The van der Waals surface area contributed by atoms with Crippen LogP contribution in [-0.4, -0.2) is 23.9 Å². The molecular weight excluding hydrogens is 390 g/mol. The second kappa shape index (κ2) is 7.36. The van der Waals surface area contributed by atoms with Gasteiger partial charge in [0.15, 0.2) is 5.78 Å². The number of fused-ring (bicyclic) bond motifs is 2. The summed E-state index contributed by atoms with van der Waals surface area (Å²) >= 11 is 0. The lowest BCUT2D eigenvalue weighted by Crippen LogP contribution is -2.44. The van der Waals surface area contributed by atoms with Gasteiger partial charge in [-0.05, 0) is 41.8 Å². The van der Waals surface area contributed by atoms with E-state index in [1.807, 2.05) is 54.6 Å². The molecule has 3 aromatic rings. The van der Waals surface area contributed by atoms with Gasteiger partial charge < -0.3 is 15.2 Å². The molecule has 0 spiro atoms. The van der Waals surface area contributed by atoms with Gasteiger partial charge >= 0.3 is 0 Å². The van der Waals surface area contributed by atoms with E-state index >= 15 is 0 Å². The average molecular weight is 413 g/mol. The highest BCUT2D eigenvalue weighted by Crippen LogP contribution is 2.57. The van der Waals surface area contributed by atoms with Crippen molar-refractivity contribution in [2.24, 2.45) is 11.8 Å². The molecule has 1 heterocycles. The van der Waals surface area contributed by atoms with E-state index in [1.54, 1.807) is 31.4 Å². The Morgan fingerprint density at radius 1 is 0.935 bits per heavy atom. The monoisotopic (exact) mass is 413 g/mol. The zero-order valence-corrected chi connectivity index (χ0v) is 17.1. The zero-order chi connectivity index (χ0) is 21.6. The van der Waals surface area contributed by atoms with E-state index in [4.69, 9.17) is 4.74 Å². The molecular formula is C26H23NO4. The van der Waals surface area contributed by atoms with Crippen LogP contribution in [0.2, 0.25) is 0 Å². The Labute approximate surface area is 180 Å². The van der Waals surface area contributed by atoms with Crippen molar-refractivity contribution in [3.05, 3.63) is 95.6 Å². The van der Waals surface area contributed by atoms with Crippen molar-refractivity contribution in [1.82, 2.24) is 0 Å². The number of carbonyl (C=O) groups excluding carboxylic acids is 2. The molecule has 5 heteroatoms. The Kier molecular flexibility index (Phi) is 4.63. The molecule has 2 N–H and O–H groups in total. The number of anilines is 1. The van der Waals surface area contributed by atoms with Gasteiger partial charge in [0.05, 0.1) is 18.7 Å². The van der Waals surface area contributed by atoms with Crippen LogP contribution in [0.4, 0.5) is 5.69 Å². The molecule has 4 atom stereocenters. The summed E-state index contributed by atoms with van der Waals surface area (Å²) in [6, 6.07) is 23.8. The van der Waals surface area contributed by atoms with Crippen molar-refractivity contribution >= 4 is 17.4 Å². The first-order valence-corrected chi connectivity index (χ1v) is 10.4. The van der Waals surface area contributed by atoms with Gasteiger partial charge in [-0.1, -0.05) is 54.6 Å². The van der Waals surface area contributed by atoms with Gasteiger partial charge in [-0.3, -0.25) is 9.59 Å². The average Bonchev–Trinajstić information content (AvgIpc) is 3.08. The normalized spacial score (nSPS) is 27.1. The molecule has 0 aromatic heterocycles. The summed E-state index contributed by atoms with van der Waals surface area (Å²) in [7, 11) is 1.60. The van der Waals surface area contributed by atoms with Crippen LogP contribution in [0.15, 0.2) is 78.9 Å². The number of ketones is 1. The Bertz CT molecular complexity index is 1140. The summed E-state index contributed by atoms with van der Waals surface area (Å²) in [5.41, 5.74) is 0.978. The summed E-state index contributed by atoms with van der Waals surface area (Å²) in [6.45, 7) is 0. The molecule has 1 aliphatic carbocycles. The number of methoxy groups -OCH3 is 1. The van der Waals surface area contributed by atoms with Crippen molar-refractivity contribution < 1.29 is 19.4 Å². The van der Waals surface area contributed by atoms with Crippen molar-refractivity contribution in [2.75, 3.05) is 12.4 Å². The molecule has 0 saturated heterocycles. The molecule has 0 radical (unpaired) electrons. The van der Waals surface area contributed by atoms with Crippen LogP contribution >= 0.6 is 0 Å². The van der Waals surface area contributed by atoms with Crippen LogP contribution in [0.25, 0.3) is 0 Å². The predicted molar refractivity (Wildman–Crippen MR) is 117 cm³/mol. The maximum atomic E-state index is 13.5. The van der Waals surface area contributed by atoms with Crippen molar-refractivity contribution in [3.8, 4) is 5.75 Å². The first kappa shape index (κ1) is 19.5. The fraction of sp³-hybridized carbons (Fsp3) is 0.231. The molecule has 0 unspecified atom stereocenters. The Hall–Kier alpha value is -3.44. The van der Waals surface area contributed by atoms with Crippen LogP contribution in [0, 0.1) is 11.8 Å². The molecule has 1 aliphatic heterocycles. The van der Waals surface area contributed by atoms with Gasteiger partial charge in [0.1, 0.15) is 11.4 Å². The second-order valence-electron chi connectivity index (χ2n) is 8.24. The lowest BCUT2D eigenvalue weighted by molar-refractivity contribution is -0.130. The minimum Gasteiger partial charge on any atom is -0.497 e. The molecule has 31 heavy (non-hydrogen) atoms. The fourth-order valence-corrected chi connectivity index (χ4v) is 5.26. The van der Waals surface area contributed by atoms with Crippen molar-refractivity contribution in [2.45, 2.75) is 17.9 Å². The van der Waals surface area contributed by atoms with Gasteiger partial charge in [0, 0.05) is 17.4 Å². The minimum atomic E-state index is -1.53. The van der Waals surface area contributed by atoms with Crippen LogP contribution in [0.5, 0.6) is 5.75 Å². The molecule has 3 aromatic carbocycles. The van der Waals surface area contributed by atoms with E-state index in [2.05, 4.69) is 5.32 Å². The standard InChI is InChI=1S/C26H23NO4/c1-31-18-13-11-16(12-14-18)21-15-20-23(26(21,30)17-7-3-2-4-8-17)25(29)27-22-10-6-5-9-19(22)24(20)28/h2-14,20-21,23,30H,15H2,1H3,(H,27,29)/t20-,21+,23-,26-/m1/s1. The maximum Gasteiger partial charge on any atom is 0.231 e. The number of nitrogens with one attached hydrogen (secondary N) is 1. The third-order valence-corrected chi connectivity index (χ3v) is 6.72. The van der Waals surface area contributed by atoms with Crippen molar-refractivity contribution in [3.63, 3.8) is 0 Å². The summed E-state index contributed by atoms with van der Waals surface area (Å²) < 4.78 is 5.27. The van der Waals surface area contributed by atoms with E-state index in [9.17, 15) is 14.7 Å². The number of rotatable bonds is 3. The van der Waals surface area contributed by atoms with Crippen LogP contribution in [0.1, 0.15) is 33.8 Å².